The van der Waals surface area contributed by atoms with E-state index in [2.05, 4.69) is 20.9 Å². The second kappa shape index (κ2) is 13.4. The summed E-state index contributed by atoms with van der Waals surface area (Å²) in [5.41, 5.74) is 16.0. The van der Waals surface area contributed by atoms with E-state index in [-0.39, 0.29) is 25.3 Å². The number of aliphatic imine (C=N–C) groups is 1. The number of carbonyl (C=O) groups is 4. The number of aliphatic hydroxyl groups is 2. The van der Waals surface area contributed by atoms with E-state index in [1.807, 2.05) is 0 Å². The third-order valence-electron chi connectivity index (χ3n) is 4.19. The molecule has 3 amide bonds. The molecule has 0 aromatic heterocycles. The molecule has 0 rings (SSSR count). The van der Waals surface area contributed by atoms with E-state index in [9.17, 15) is 29.4 Å². The normalized spacial score (nSPS) is 16.6. The van der Waals surface area contributed by atoms with Crippen LogP contribution in [0.1, 0.15) is 33.6 Å². The van der Waals surface area contributed by atoms with Crippen LogP contribution in [-0.2, 0) is 19.2 Å². The smallest absolute Gasteiger partial charge is 0.325 e. The first-order valence-corrected chi connectivity index (χ1v) is 9.58. The lowest BCUT2D eigenvalue weighted by Gasteiger charge is -2.26. The van der Waals surface area contributed by atoms with E-state index in [1.165, 1.54) is 20.8 Å². The van der Waals surface area contributed by atoms with E-state index >= 15 is 0 Å². The van der Waals surface area contributed by atoms with Crippen LogP contribution in [0, 0.1) is 0 Å². The molecule has 12 N–H and O–H groups in total. The number of amides is 3. The van der Waals surface area contributed by atoms with Crippen molar-refractivity contribution in [2.45, 2.75) is 70.0 Å². The van der Waals surface area contributed by atoms with Crippen LogP contribution in [0.3, 0.4) is 0 Å². The van der Waals surface area contributed by atoms with E-state index in [0.717, 1.165) is 0 Å². The third kappa shape index (κ3) is 10.6. The highest BCUT2D eigenvalue weighted by molar-refractivity contribution is 5.94. The number of hydrogen-bond acceptors (Lipinski definition) is 8. The molecule has 0 radical (unpaired) electrons. The van der Waals surface area contributed by atoms with Gasteiger partial charge in [0.05, 0.1) is 12.2 Å². The molecule has 14 nitrogen and oxygen atoms in total. The monoisotopic (exact) mass is 447 g/mol. The Labute approximate surface area is 179 Å². The lowest BCUT2D eigenvalue weighted by Crippen LogP contribution is -2.60. The van der Waals surface area contributed by atoms with Crippen LogP contribution < -0.4 is 33.2 Å². The van der Waals surface area contributed by atoms with Crippen LogP contribution in [-0.4, -0.2) is 87.9 Å². The summed E-state index contributed by atoms with van der Waals surface area (Å²) in [5.74, 6) is -4.03. The first kappa shape index (κ1) is 28.0. The molecule has 0 aliphatic rings. The van der Waals surface area contributed by atoms with Gasteiger partial charge in [0.15, 0.2) is 5.96 Å². The second-order valence-corrected chi connectivity index (χ2v) is 7.07. The van der Waals surface area contributed by atoms with E-state index < -0.39 is 60.1 Å². The SMILES string of the molecule is CC(NC(=O)C(NC(=O)C(CCCN=C(N)N)NC(=O)C(N)C(C)O)C(C)O)C(=O)O. The molecule has 0 saturated carbocycles. The van der Waals surface area contributed by atoms with Crippen molar-refractivity contribution in [2.75, 3.05) is 6.54 Å². The van der Waals surface area contributed by atoms with Crippen molar-refractivity contribution in [3.63, 3.8) is 0 Å². The van der Waals surface area contributed by atoms with Crippen molar-refractivity contribution >= 4 is 29.7 Å². The summed E-state index contributed by atoms with van der Waals surface area (Å²) in [7, 11) is 0. The summed E-state index contributed by atoms with van der Waals surface area (Å²) in [5, 5.41) is 35.1. The maximum atomic E-state index is 12.7. The summed E-state index contributed by atoms with van der Waals surface area (Å²) in [6, 6.07) is -5.25. The molecular formula is C17H33N7O7. The second-order valence-electron chi connectivity index (χ2n) is 7.07. The number of nitrogens with two attached hydrogens (primary N) is 3. The molecule has 0 spiro atoms. The van der Waals surface area contributed by atoms with E-state index in [4.69, 9.17) is 22.3 Å². The topological polar surface area (TPSA) is 255 Å². The summed E-state index contributed by atoms with van der Waals surface area (Å²) in [6.45, 7) is 3.90. The fourth-order valence-corrected chi connectivity index (χ4v) is 2.28. The van der Waals surface area contributed by atoms with Gasteiger partial charge in [-0.25, -0.2) is 0 Å². The zero-order chi connectivity index (χ0) is 24.3. The molecule has 6 atom stereocenters. The number of aliphatic hydroxyl groups excluding tert-OH is 2. The Morgan fingerprint density at radius 3 is 1.94 bits per heavy atom. The number of carboxylic acid groups (broad SMARTS) is 1. The minimum Gasteiger partial charge on any atom is -0.480 e. The molecular weight excluding hydrogens is 414 g/mol. The Morgan fingerprint density at radius 1 is 0.903 bits per heavy atom. The van der Waals surface area contributed by atoms with Gasteiger partial charge in [-0.15, -0.1) is 0 Å². The Balaban J connectivity index is 5.38. The Morgan fingerprint density at radius 2 is 1.48 bits per heavy atom. The van der Waals surface area contributed by atoms with Crippen LogP contribution in [0.25, 0.3) is 0 Å². The molecule has 14 heteroatoms. The molecule has 0 fully saturated rings. The average Bonchev–Trinajstić information content (AvgIpc) is 2.66. The van der Waals surface area contributed by atoms with Gasteiger partial charge in [-0.3, -0.25) is 24.2 Å². The summed E-state index contributed by atoms with van der Waals surface area (Å²) in [6.07, 6.45) is -2.25. The fourth-order valence-electron chi connectivity index (χ4n) is 2.28. The molecule has 178 valence electrons. The molecule has 0 heterocycles. The minimum atomic E-state index is -1.49. The van der Waals surface area contributed by atoms with Gasteiger partial charge in [0.1, 0.15) is 24.2 Å². The lowest BCUT2D eigenvalue weighted by molar-refractivity contribution is -0.142. The molecule has 0 bridgehead atoms. The maximum Gasteiger partial charge on any atom is 0.325 e. The number of hydrogen-bond donors (Lipinski definition) is 9. The average molecular weight is 447 g/mol. The highest BCUT2D eigenvalue weighted by Gasteiger charge is 2.32. The standard InChI is InChI=1S/C17H33N7O7/c1-7(16(30)31)22-15(29)12(9(3)26)24-13(27)10(5-4-6-21-17(19)20)23-14(28)11(18)8(2)25/h7-12,25-26H,4-6,18H2,1-3H3,(H,22,29)(H,23,28)(H,24,27)(H,30,31)(H4,19,20,21). The fraction of sp³-hybridized carbons (Fsp3) is 0.706. The Hall–Kier alpha value is -2.97. The number of rotatable bonds is 13. The lowest BCUT2D eigenvalue weighted by atomic mass is 10.1. The van der Waals surface area contributed by atoms with Crippen molar-refractivity contribution in [3.05, 3.63) is 0 Å². The first-order valence-electron chi connectivity index (χ1n) is 9.58. The van der Waals surface area contributed by atoms with Crippen molar-refractivity contribution in [1.82, 2.24) is 16.0 Å². The number of nitrogens with zero attached hydrogens (tertiary/aromatic N) is 1. The number of carboxylic acids is 1. The maximum absolute atomic E-state index is 12.7. The number of aliphatic carboxylic acids is 1. The van der Waals surface area contributed by atoms with Crippen molar-refractivity contribution in [3.8, 4) is 0 Å². The van der Waals surface area contributed by atoms with Crippen molar-refractivity contribution < 1.29 is 34.5 Å². The van der Waals surface area contributed by atoms with E-state index in [0.29, 0.717) is 0 Å². The zero-order valence-electron chi connectivity index (χ0n) is 17.7. The Bertz CT molecular complexity index is 665. The highest BCUT2D eigenvalue weighted by atomic mass is 16.4. The summed E-state index contributed by atoms with van der Waals surface area (Å²) >= 11 is 0. The molecule has 0 aliphatic carbocycles. The van der Waals surface area contributed by atoms with Crippen LogP contribution in [0.4, 0.5) is 0 Å². The molecule has 0 saturated heterocycles. The van der Waals surface area contributed by atoms with Gasteiger partial charge in [0.2, 0.25) is 17.7 Å². The first-order chi connectivity index (χ1) is 14.3. The molecule has 0 aromatic rings. The predicted molar refractivity (Wildman–Crippen MR) is 110 cm³/mol. The number of carbonyl (C=O) groups excluding carboxylic acids is 3. The van der Waals surface area contributed by atoms with Crippen LogP contribution in [0.5, 0.6) is 0 Å². The zero-order valence-corrected chi connectivity index (χ0v) is 17.7. The van der Waals surface area contributed by atoms with Crippen LogP contribution >= 0.6 is 0 Å². The summed E-state index contributed by atoms with van der Waals surface area (Å²) in [4.78, 5) is 51.9. The quantitative estimate of drug-likeness (QED) is 0.0745. The van der Waals surface area contributed by atoms with Gasteiger partial charge >= 0.3 is 5.97 Å². The van der Waals surface area contributed by atoms with E-state index in [1.54, 1.807) is 0 Å². The molecule has 31 heavy (non-hydrogen) atoms. The molecule has 0 aliphatic heterocycles. The summed E-state index contributed by atoms with van der Waals surface area (Å²) < 4.78 is 0. The van der Waals surface area contributed by atoms with Gasteiger partial charge in [0.25, 0.3) is 0 Å². The van der Waals surface area contributed by atoms with Gasteiger partial charge in [-0.1, -0.05) is 0 Å². The number of guanidine groups is 1. The minimum absolute atomic E-state index is 0.0422. The van der Waals surface area contributed by atoms with Gasteiger partial charge in [-0.2, -0.15) is 0 Å². The van der Waals surface area contributed by atoms with Gasteiger partial charge in [0, 0.05) is 6.54 Å². The Kier molecular flexibility index (Phi) is 12.1. The van der Waals surface area contributed by atoms with Crippen LogP contribution in [0.15, 0.2) is 4.99 Å². The molecule has 0 aromatic carbocycles. The largest absolute Gasteiger partial charge is 0.480 e. The third-order valence-corrected chi connectivity index (χ3v) is 4.19. The van der Waals surface area contributed by atoms with Gasteiger partial charge < -0.3 is 48.5 Å². The van der Waals surface area contributed by atoms with Crippen LogP contribution in [0.2, 0.25) is 0 Å². The van der Waals surface area contributed by atoms with Crippen molar-refractivity contribution in [1.29, 1.82) is 0 Å². The van der Waals surface area contributed by atoms with Crippen molar-refractivity contribution in [2.24, 2.45) is 22.2 Å². The predicted octanol–water partition coefficient (Wildman–Crippen LogP) is -4.31. The molecule has 6 unspecified atom stereocenters. The number of nitrogens with one attached hydrogen (secondary N) is 3. The highest BCUT2D eigenvalue weighted by Crippen LogP contribution is 2.03. The van der Waals surface area contributed by atoms with Gasteiger partial charge in [-0.05, 0) is 33.6 Å².